The highest BCUT2D eigenvalue weighted by atomic mass is 79.9. The van der Waals surface area contributed by atoms with Gasteiger partial charge in [0, 0.05) is 10.0 Å². The van der Waals surface area contributed by atoms with Crippen LogP contribution in [0.4, 0.5) is 5.69 Å². The molecule has 0 saturated heterocycles. The Bertz CT molecular complexity index is 964. The van der Waals surface area contributed by atoms with Gasteiger partial charge < -0.3 is 15.7 Å². The molecule has 2 aromatic carbocycles. The molecule has 2 aliphatic heterocycles. The van der Waals surface area contributed by atoms with Crippen molar-refractivity contribution in [1.29, 1.82) is 0 Å². The Morgan fingerprint density at radius 1 is 1.19 bits per heavy atom. The smallest absolute Gasteiger partial charge is 0.265 e. The van der Waals surface area contributed by atoms with E-state index in [4.69, 9.17) is 5.73 Å². The Kier molecular flexibility index (Phi) is 4.13. The number of fused-ring (bicyclic) bond motifs is 1. The van der Waals surface area contributed by atoms with E-state index >= 15 is 0 Å². The largest absolute Gasteiger partial charge is 0.378 e. The first-order chi connectivity index (χ1) is 12.4. The molecule has 0 fully saturated rings. The first-order valence-electron chi connectivity index (χ1n) is 7.85. The molecular formula is C18H14BrN3O3S. The molecule has 3 N–H and O–H groups in total. The Balaban J connectivity index is 1.78. The summed E-state index contributed by atoms with van der Waals surface area (Å²) >= 11 is 4.40. The summed E-state index contributed by atoms with van der Waals surface area (Å²) < 4.78 is 0.861. The molecule has 4 rings (SSSR count). The maximum atomic E-state index is 13.2. The molecule has 0 spiro atoms. The molecule has 0 aliphatic carbocycles. The first-order valence-corrected chi connectivity index (χ1v) is 9.52. The lowest BCUT2D eigenvalue weighted by Crippen LogP contribution is -2.49. The van der Waals surface area contributed by atoms with Gasteiger partial charge >= 0.3 is 0 Å². The minimum absolute atomic E-state index is 0.0583. The van der Waals surface area contributed by atoms with Crippen molar-refractivity contribution in [2.24, 2.45) is 10.7 Å². The molecule has 26 heavy (non-hydrogen) atoms. The number of aliphatic hydroxyl groups is 1. The van der Waals surface area contributed by atoms with Gasteiger partial charge in [0.05, 0.1) is 12.2 Å². The van der Waals surface area contributed by atoms with Crippen LogP contribution >= 0.6 is 27.7 Å². The quantitative estimate of drug-likeness (QED) is 0.775. The van der Waals surface area contributed by atoms with Crippen molar-refractivity contribution in [2.45, 2.75) is 17.4 Å². The molecular weight excluding hydrogens is 418 g/mol. The van der Waals surface area contributed by atoms with E-state index < -0.39 is 22.7 Å². The van der Waals surface area contributed by atoms with Crippen molar-refractivity contribution >= 4 is 50.4 Å². The number of halogens is 1. The van der Waals surface area contributed by atoms with E-state index in [0.29, 0.717) is 11.3 Å². The molecule has 6 nitrogen and oxygen atoms in total. The van der Waals surface area contributed by atoms with Crippen LogP contribution in [0, 0.1) is 0 Å². The number of nitrogens with zero attached hydrogens (tertiary/aromatic N) is 2. The van der Waals surface area contributed by atoms with Gasteiger partial charge in [0.25, 0.3) is 11.8 Å². The van der Waals surface area contributed by atoms with Gasteiger partial charge in [0.2, 0.25) is 0 Å². The van der Waals surface area contributed by atoms with E-state index in [1.165, 1.54) is 4.90 Å². The molecule has 2 unspecified atom stereocenters. The summed E-state index contributed by atoms with van der Waals surface area (Å²) in [7, 11) is 0. The van der Waals surface area contributed by atoms with Crippen LogP contribution in [-0.2, 0) is 21.7 Å². The zero-order valence-corrected chi connectivity index (χ0v) is 15.8. The predicted octanol–water partition coefficient (Wildman–Crippen LogP) is 2.14. The van der Waals surface area contributed by atoms with Crippen molar-refractivity contribution < 1.29 is 14.7 Å². The molecule has 0 saturated carbocycles. The van der Waals surface area contributed by atoms with Crippen molar-refractivity contribution in [3.05, 3.63) is 64.1 Å². The number of carbonyl (C=O) groups is 2. The van der Waals surface area contributed by atoms with E-state index in [-0.39, 0.29) is 11.7 Å². The molecule has 2 atom stereocenters. The molecule has 0 bridgehead atoms. The normalized spacial score (nSPS) is 24.8. The number of benzene rings is 2. The number of amidine groups is 1. The zero-order valence-electron chi connectivity index (χ0n) is 13.4. The summed E-state index contributed by atoms with van der Waals surface area (Å²) in [6.45, 7) is 0.265. The maximum Gasteiger partial charge on any atom is 0.265 e. The van der Waals surface area contributed by atoms with Gasteiger partial charge in [0.1, 0.15) is 5.25 Å². The number of thioether (sulfide) groups is 1. The van der Waals surface area contributed by atoms with Crippen LogP contribution in [-0.4, -0.2) is 27.3 Å². The standard InChI is InChI=1S/C18H14BrN3O3S/c19-12-7-3-1-5-10(12)9-22-13-8-4-2-6-11(13)18(25,16(22)24)14-15(23)21-17(20)26-14/h1-8,14,25H,9H2,(H2,20,21,23). The minimum Gasteiger partial charge on any atom is -0.378 e. The number of rotatable bonds is 3. The average molecular weight is 432 g/mol. The third kappa shape index (κ3) is 2.48. The Morgan fingerprint density at radius 2 is 1.88 bits per heavy atom. The van der Waals surface area contributed by atoms with Gasteiger partial charge in [-0.15, -0.1) is 0 Å². The summed E-state index contributed by atoms with van der Waals surface area (Å²) in [4.78, 5) is 30.6. The molecule has 2 heterocycles. The minimum atomic E-state index is -2.00. The van der Waals surface area contributed by atoms with Crippen molar-refractivity contribution in [1.82, 2.24) is 0 Å². The van der Waals surface area contributed by atoms with E-state index in [1.807, 2.05) is 24.3 Å². The van der Waals surface area contributed by atoms with Crippen LogP contribution in [0.5, 0.6) is 0 Å². The third-order valence-corrected chi connectivity index (χ3v) is 6.41. The number of aliphatic imine (C=N–C) groups is 1. The molecule has 2 aliphatic rings. The topological polar surface area (TPSA) is 96.0 Å². The molecule has 0 aromatic heterocycles. The lowest BCUT2D eigenvalue weighted by molar-refractivity contribution is -0.140. The fourth-order valence-electron chi connectivity index (χ4n) is 3.30. The predicted molar refractivity (Wildman–Crippen MR) is 104 cm³/mol. The van der Waals surface area contributed by atoms with Crippen molar-refractivity contribution in [3.8, 4) is 0 Å². The van der Waals surface area contributed by atoms with Crippen LogP contribution in [0.25, 0.3) is 0 Å². The van der Waals surface area contributed by atoms with Crippen molar-refractivity contribution in [2.75, 3.05) is 4.90 Å². The molecule has 2 amide bonds. The van der Waals surface area contributed by atoms with Gasteiger partial charge in [-0.05, 0) is 17.7 Å². The number of carbonyl (C=O) groups excluding carboxylic acids is 2. The summed E-state index contributed by atoms with van der Waals surface area (Å²) in [6.07, 6.45) is 0. The maximum absolute atomic E-state index is 13.2. The van der Waals surface area contributed by atoms with Gasteiger partial charge in [0.15, 0.2) is 10.8 Å². The number of hydrogen-bond donors (Lipinski definition) is 2. The van der Waals surface area contributed by atoms with Gasteiger partial charge in [-0.3, -0.25) is 9.59 Å². The summed E-state index contributed by atoms with van der Waals surface area (Å²) in [6, 6.07) is 14.5. The summed E-state index contributed by atoms with van der Waals surface area (Å²) in [5.41, 5.74) is 5.50. The second-order valence-corrected chi connectivity index (χ2v) is 8.03. The van der Waals surface area contributed by atoms with Crippen LogP contribution in [0.1, 0.15) is 11.1 Å². The molecule has 8 heteroatoms. The Labute approximate surface area is 162 Å². The molecule has 0 radical (unpaired) electrons. The van der Waals surface area contributed by atoms with Crippen LogP contribution in [0.15, 0.2) is 58.0 Å². The first kappa shape index (κ1) is 17.3. The van der Waals surface area contributed by atoms with E-state index in [2.05, 4.69) is 20.9 Å². The van der Waals surface area contributed by atoms with Gasteiger partial charge in [-0.1, -0.05) is 64.1 Å². The Morgan fingerprint density at radius 3 is 2.58 bits per heavy atom. The third-order valence-electron chi connectivity index (χ3n) is 4.53. The van der Waals surface area contributed by atoms with Crippen LogP contribution in [0.3, 0.4) is 0 Å². The second-order valence-electron chi connectivity index (χ2n) is 6.05. The summed E-state index contributed by atoms with van der Waals surface area (Å²) in [5, 5.41) is 10.3. The lowest BCUT2D eigenvalue weighted by Gasteiger charge is -2.26. The number of para-hydroxylation sites is 1. The van der Waals surface area contributed by atoms with E-state index in [0.717, 1.165) is 21.8 Å². The fraction of sp³-hybridized carbons (Fsp3) is 0.167. The zero-order chi connectivity index (χ0) is 18.5. The van der Waals surface area contributed by atoms with Gasteiger partial charge in [-0.2, -0.15) is 4.99 Å². The molecule has 2 aromatic rings. The lowest BCUT2D eigenvalue weighted by atomic mass is 9.91. The molecule has 132 valence electrons. The highest BCUT2D eigenvalue weighted by Gasteiger charge is 2.59. The average Bonchev–Trinajstić information content (AvgIpc) is 3.07. The second kappa shape index (κ2) is 6.22. The van der Waals surface area contributed by atoms with E-state index in [1.54, 1.807) is 24.3 Å². The van der Waals surface area contributed by atoms with Gasteiger partial charge in [-0.25, -0.2) is 0 Å². The highest BCUT2D eigenvalue weighted by Crippen LogP contribution is 2.48. The number of hydrogen-bond acceptors (Lipinski definition) is 5. The SMILES string of the molecule is NC1=NC(=O)C(C2(O)C(=O)N(Cc3ccccc3Br)c3ccccc32)S1. The van der Waals surface area contributed by atoms with Crippen LogP contribution < -0.4 is 10.6 Å². The number of amides is 2. The van der Waals surface area contributed by atoms with Crippen molar-refractivity contribution in [3.63, 3.8) is 0 Å². The number of nitrogens with two attached hydrogens (primary N) is 1. The fourth-order valence-corrected chi connectivity index (χ4v) is 4.64. The van der Waals surface area contributed by atoms with E-state index in [9.17, 15) is 14.7 Å². The Hall–Kier alpha value is -2.16. The summed E-state index contributed by atoms with van der Waals surface area (Å²) in [5.74, 6) is -1.15. The number of anilines is 1. The highest BCUT2D eigenvalue weighted by molar-refractivity contribution is 9.10. The van der Waals surface area contributed by atoms with Crippen LogP contribution in [0.2, 0.25) is 0 Å². The monoisotopic (exact) mass is 431 g/mol.